The molecule has 0 N–H and O–H groups in total. The Kier molecular flexibility index (Phi) is 6.82. The second-order valence-corrected chi connectivity index (χ2v) is 4.80. The fraction of sp³-hybridized carbons (Fsp3) is 1.00. The first-order valence-electron chi connectivity index (χ1n) is 5.67. The van der Waals surface area contributed by atoms with Crippen LogP contribution in [0.4, 0.5) is 0 Å². The molecule has 0 aromatic rings. The van der Waals surface area contributed by atoms with Gasteiger partial charge in [0.2, 0.25) is 0 Å². The van der Waals surface area contributed by atoms with E-state index in [2.05, 4.69) is 20.8 Å². The Bertz CT molecular complexity index is 139. The summed E-state index contributed by atoms with van der Waals surface area (Å²) in [6.07, 6.45) is 6.70. The van der Waals surface area contributed by atoms with Gasteiger partial charge >= 0.3 is 0 Å². The van der Waals surface area contributed by atoms with Gasteiger partial charge in [0.1, 0.15) is 0 Å². The molecular formula is C11H22BrNO. The van der Waals surface area contributed by atoms with Crippen LogP contribution in [0.1, 0.15) is 32.1 Å². The average Bonchev–Trinajstić information content (AvgIpc) is 2.11. The van der Waals surface area contributed by atoms with Gasteiger partial charge in [-0.15, -0.1) is 0 Å². The number of hydrogen-bond donors (Lipinski definition) is 0. The van der Waals surface area contributed by atoms with Gasteiger partial charge in [0.15, 0.2) is 0 Å². The topological polar surface area (TPSA) is 12.5 Å². The van der Waals surface area contributed by atoms with E-state index in [9.17, 15) is 0 Å². The monoisotopic (exact) mass is 263 g/mol. The normalized spacial score (nSPS) is 17.4. The molecule has 84 valence electrons. The smallest absolute Gasteiger partial charge is 0.0474 e. The standard InChI is InChI=1S/C11H22BrNO/c1-14-10-4-9-13(8-3-7-12)11-5-2-6-11/h11H,2-10H2,1H3. The number of methoxy groups -OCH3 is 1. The highest BCUT2D eigenvalue weighted by Gasteiger charge is 2.23. The summed E-state index contributed by atoms with van der Waals surface area (Å²) in [6, 6.07) is 0.880. The van der Waals surface area contributed by atoms with Crippen molar-refractivity contribution in [3.63, 3.8) is 0 Å². The maximum absolute atomic E-state index is 5.09. The van der Waals surface area contributed by atoms with Crippen LogP contribution in [0.3, 0.4) is 0 Å². The maximum atomic E-state index is 5.09. The van der Waals surface area contributed by atoms with E-state index >= 15 is 0 Å². The van der Waals surface area contributed by atoms with Gasteiger partial charge < -0.3 is 9.64 Å². The van der Waals surface area contributed by atoms with Crippen LogP contribution >= 0.6 is 15.9 Å². The molecule has 1 rings (SSSR count). The molecule has 0 amide bonds. The molecule has 0 unspecified atom stereocenters. The minimum Gasteiger partial charge on any atom is -0.385 e. The molecule has 1 saturated carbocycles. The van der Waals surface area contributed by atoms with Crippen molar-refractivity contribution in [2.75, 3.05) is 32.1 Å². The Balaban J connectivity index is 2.14. The molecule has 1 aliphatic carbocycles. The Morgan fingerprint density at radius 3 is 2.50 bits per heavy atom. The van der Waals surface area contributed by atoms with E-state index < -0.39 is 0 Å². The Labute approximate surface area is 96.1 Å². The van der Waals surface area contributed by atoms with Gasteiger partial charge in [-0.05, 0) is 32.2 Å². The molecule has 2 nitrogen and oxygen atoms in total. The Morgan fingerprint density at radius 1 is 1.29 bits per heavy atom. The number of hydrogen-bond acceptors (Lipinski definition) is 2. The second kappa shape index (κ2) is 7.66. The molecule has 1 aliphatic rings. The van der Waals surface area contributed by atoms with Crippen molar-refractivity contribution in [3.05, 3.63) is 0 Å². The van der Waals surface area contributed by atoms with E-state index in [4.69, 9.17) is 4.74 Å². The minimum atomic E-state index is 0.880. The van der Waals surface area contributed by atoms with Crippen molar-refractivity contribution in [1.82, 2.24) is 4.90 Å². The third kappa shape index (κ3) is 4.28. The van der Waals surface area contributed by atoms with Crippen LogP contribution in [0, 0.1) is 0 Å². The summed E-state index contributed by atoms with van der Waals surface area (Å²) in [5.41, 5.74) is 0. The summed E-state index contributed by atoms with van der Waals surface area (Å²) in [5, 5.41) is 1.13. The third-order valence-electron chi connectivity index (χ3n) is 2.96. The van der Waals surface area contributed by atoms with Crippen molar-refractivity contribution in [2.45, 2.75) is 38.1 Å². The highest BCUT2D eigenvalue weighted by Crippen LogP contribution is 2.25. The molecule has 0 spiro atoms. The number of halogens is 1. The number of rotatable bonds is 8. The van der Waals surface area contributed by atoms with E-state index in [0.717, 1.165) is 18.0 Å². The number of alkyl halides is 1. The summed E-state index contributed by atoms with van der Waals surface area (Å²) < 4.78 is 5.09. The Hall–Kier alpha value is 0.400. The summed E-state index contributed by atoms with van der Waals surface area (Å²) in [6.45, 7) is 3.36. The molecule has 1 fully saturated rings. The minimum absolute atomic E-state index is 0.880. The summed E-state index contributed by atoms with van der Waals surface area (Å²) >= 11 is 3.50. The molecule has 0 aromatic carbocycles. The van der Waals surface area contributed by atoms with Gasteiger partial charge in [0.05, 0.1) is 0 Å². The lowest BCUT2D eigenvalue weighted by Gasteiger charge is -2.37. The quantitative estimate of drug-likeness (QED) is 0.493. The highest BCUT2D eigenvalue weighted by atomic mass is 79.9. The van der Waals surface area contributed by atoms with Gasteiger partial charge in [0.25, 0.3) is 0 Å². The lowest BCUT2D eigenvalue weighted by molar-refractivity contribution is 0.108. The van der Waals surface area contributed by atoms with Crippen LogP contribution in [-0.4, -0.2) is 43.1 Å². The van der Waals surface area contributed by atoms with Gasteiger partial charge in [0, 0.05) is 31.6 Å². The first-order valence-corrected chi connectivity index (χ1v) is 6.79. The number of ether oxygens (including phenoxy) is 1. The summed E-state index contributed by atoms with van der Waals surface area (Å²) in [4.78, 5) is 2.64. The summed E-state index contributed by atoms with van der Waals surface area (Å²) in [7, 11) is 1.78. The molecule has 0 saturated heterocycles. The zero-order valence-corrected chi connectivity index (χ0v) is 10.8. The average molecular weight is 264 g/mol. The first-order chi connectivity index (χ1) is 6.88. The molecule has 0 heterocycles. The van der Waals surface area contributed by atoms with Gasteiger partial charge in [-0.25, -0.2) is 0 Å². The van der Waals surface area contributed by atoms with Gasteiger partial charge in [-0.1, -0.05) is 22.4 Å². The molecular weight excluding hydrogens is 242 g/mol. The van der Waals surface area contributed by atoms with Crippen LogP contribution < -0.4 is 0 Å². The highest BCUT2D eigenvalue weighted by molar-refractivity contribution is 9.09. The zero-order chi connectivity index (χ0) is 10.2. The van der Waals surface area contributed by atoms with Crippen LogP contribution in [-0.2, 0) is 4.74 Å². The van der Waals surface area contributed by atoms with E-state index in [0.29, 0.717) is 0 Å². The predicted octanol–water partition coefficient (Wildman–Crippen LogP) is 2.66. The van der Waals surface area contributed by atoms with E-state index in [1.165, 1.54) is 45.2 Å². The third-order valence-corrected chi connectivity index (χ3v) is 3.52. The second-order valence-electron chi connectivity index (χ2n) is 4.01. The molecule has 0 bridgehead atoms. The molecule has 0 atom stereocenters. The predicted molar refractivity (Wildman–Crippen MR) is 64.1 cm³/mol. The van der Waals surface area contributed by atoms with Gasteiger partial charge in [-0.2, -0.15) is 0 Å². The van der Waals surface area contributed by atoms with E-state index in [1.807, 2.05) is 0 Å². The SMILES string of the molecule is COCCCN(CCCBr)C1CCC1. The summed E-state index contributed by atoms with van der Waals surface area (Å²) in [5.74, 6) is 0. The van der Waals surface area contributed by atoms with Crippen molar-refractivity contribution < 1.29 is 4.74 Å². The van der Waals surface area contributed by atoms with Crippen LogP contribution in [0.5, 0.6) is 0 Å². The molecule has 0 radical (unpaired) electrons. The van der Waals surface area contributed by atoms with E-state index in [-0.39, 0.29) is 0 Å². The molecule has 0 aromatic heterocycles. The Morgan fingerprint density at radius 2 is 2.00 bits per heavy atom. The van der Waals surface area contributed by atoms with Crippen molar-refractivity contribution >= 4 is 15.9 Å². The molecule has 3 heteroatoms. The zero-order valence-electron chi connectivity index (χ0n) is 9.17. The van der Waals surface area contributed by atoms with Crippen LogP contribution in [0.2, 0.25) is 0 Å². The maximum Gasteiger partial charge on any atom is 0.0474 e. The first kappa shape index (κ1) is 12.5. The van der Waals surface area contributed by atoms with E-state index in [1.54, 1.807) is 7.11 Å². The fourth-order valence-corrected chi connectivity index (χ4v) is 2.15. The number of nitrogens with zero attached hydrogens (tertiary/aromatic N) is 1. The lowest BCUT2D eigenvalue weighted by Crippen LogP contribution is -2.41. The van der Waals surface area contributed by atoms with Crippen LogP contribution in [0.25, 0.3) is 0 Å². The van der Waals surface area contributed by atoms with Crippen molar-refractivity contribution in [2.24, 2.45) is 0 Å². The molecule has 0 aliphatic heterocycles. The largest absolute Gasteiger partial charge is 0.385 e. The van der Waals surface area contributed by atoms with Gasteiger partial charge in [-0.3, -0.25) is 0 Å². The van der Waals surface area contributed by atoms with Crippen molar-refractivity contribution in [3.8, 4) is 0 Å². The van der Waals surface area contributed by atoms with Crippen LogP contribution in [0.15, 0.2) is 0 Å². The molecule has 14 heavy (non-hydrogen) atoms. The fourth-order valence-electron chi connectivity index (χ4n) is 1.90. The van der Waals surface area contributed by atoms with Crippen molar-refractivity contribution in [1.29, 1.82) is 0 Å². The lowest BCUT2D eigenvalue weighted by atomic mass is 9.91.